The molecule has 0 aliphatic carbocycles. The Morgan fingerprint density at radius 3 is 2.92 bits per heavy atom. The van der Waals surface area contributed by atoms with Gasteiger partial charge in [0.25, 0.3) is 5.91 Å². The van der Waals surface area contributed by atoms with Gasteiger partial charge in [-0.2, -0.15) is 5.10 Å². The average molecular weight is 412 g/mol. The number of halogens is 2. The van der Waals surface area contributed by atoms with Crippen molar-refractivity contribution in [3.05, 3.63) is 56.5 Å². The molecule has 5 nitrogen and oxygen atoms in total. The number of ether oxygens (including phenoxy) is 1. The number of aryl methyl sites for hydroxylation is 1. The van der Waals surface area contributed by atoms with Gasteiger partial charge in [0.15, 0.2) is 6.61 Å². The summed E-state index contributed by atoms with van der Waals surface area (Å²) < 4.78 is 6.17. The van der Waals surface area contributed by atoms with Crippen molar-refractivity contribution >= 4 is 39.7 Å². The van der Waals surface area contributed by atoms with Gasteiger partial charge in [-0.05, 0) is 43.2 Å². The van der Waals surface area contributed by atoms with Crippen molar-refractivity contribution in [2.75, 3.05) is 6.61 Å². The van der Waals surface area contributed by atoms with Gasteiger partial charge in [-0.15, -0.1) is 0 Å². The molecule has 2 rings (SSSR count). The van der Waals surface area contributed by atoms with E-state index in [4.69, 9.17) is 16.3 Å². The van der Waals surface area contributed by atoms with Gasteiger partial charge in [0.05, 0.1) is 11.2 Å². The number of aromatic hydroxyl groups is 1. The summed E-state index contributed by atoms with van der Waals surface area (Å²) in [6.45, 7) is 3.75. The second-order valence-electron chi connectivity index (χ2n) is 5.11. The molecule has 0 bridgehead atoms. The zero-order valence-electron chi connectivity index (χ0n) is 13.1. The summed E-state index contributed by atoms with van der Waals surface area (Å²) in [4.78, 5) is 11.8. The lowest BCUT2D eigenvalue weighted by atomic mass is 10.1. The average Bonchev–Trinajstić information content (AvgIpc) is 2.53. The van der Waals surface area contributed by atoms with Gasteiger partial charge in [0, 0.05) is 10.0 Å². The van der Waals surface area contributed by atoms with Crippen LogP contribution < -0.4 is 10.2 Å². The predicted molar refractivity (Wildman–Crippen MR) is 98.0 cm³/mol. The third kappa shape index (κ3) is 4.72. The van der Waals surface area contributed by atoms with E-state index in [1.54, 1.807) is 18.2 Å². The number of carbonyl (C=O) groups excluding carboxylic acids is 1. The summed E-state index contributed by atoms with van der Waals surface area (Å²) in [5.41, 5.74) is 4.80. The molecule has 0 saturated heterocycles. The molecule has 0 saturated carbocycles. The van der Waals surface area contributed by atoms with Gasteiger partial charge in [-0.25, -0.2) is 5.43 Å². The lowest BCUT2D eigenvalue weighted by Crippen LogP contribution is -2.24. The molecule has 0 radical (unpaired) electrons. The van der Waals surface area contributed by atoms with Crippen LogP contribution in [0.4, 0.5) is 0 Å². The molecule has 0 aliphatic rings. The van der Waals surface area contributed by atoms with Crippen LogP contribution in [0.3, 0.4) is 0 Å². The lowest BCUT2D eigenvalue weighted by Gasteiger charge is -2.09. The maximum Gasteiger partial charge on any atom is 0.277 e. The molecule has 2 aromatic carbocycles. The fraction of sp³-hybridized carbons (Fsp3) is 0.176. The van der Waals surface area contributed by atoms with Gasteiger partial charge in [-0.3, -0.25) is 4.79 Å². The Bertz CT molecular complexity index is 794. The number of hydrogen-bond donors (Lipinski definition) is 2. The van der Waals surface area contributed by atoms with Gasteiger partial charge in [0.1, 0.15) is 11.5 Å². The number of rotatable bonds is 5. The van der Waals surface area contributed by atoms with Crippen LogP contribution in [-0.2, 0) is 4.79 Å². The summed E-state index contributed by atoms with van der Waals surface area (Å²) >= 11 is 9.12. The van der Waals surface area contributed by atoms with E-state index in [-0.39, 0.29) is 17.4 Å². The van der Waals surface area contributed by atoms with Crippen molar-refractivity contribution in [3.63, 3.8) is 0 Å². The van der Waals surface area contributed by atoms with E-state index >= 15 is 0 Å². The zero-order valence-corrected chi connectivity index (χ0v) is 15.5. The van der Waals surface area contributed by atoms with Crippen LogP contribution >= 0.6 is 27.5 Å². The molecular formula is C17H16BrClN2O3. The minimum atomic E-state index is -0.410. The maximum absolute atomic E-state index is 11.8. The first-order valence-corrected chi connectivity index (χ1v) is 8.24. The molecule has 1 amide bonds. The Morgan fingerprint density at radius 2 is 2.17 bits per heavy atom. The fourth-order valence-electron chi connectivity index (χ4n) is 1.91. The molecule has 2 N–H and O–H groups in total. The van der Waals surface area contributed by atoms with E-state index in [2.05, 4.69) is 26.5 Å². The highest BCUT2D eigenvalue weighted by Crippen LogP contribution is 2.30. The Labute approximate surface area is 153 Å². The number of amides is 1. The highest BCUT2D eigenvalue weighted by Gasteiger charge is 2.07. The SMILES string of the molecule is Cc1cccc(OCC(=O)N/N=C/c2cc(Br)cc(Cl)c2O)c1C. The Morgan fingerprint density at radius 1 is 1.42 bits per heavy atom. The molecule has 2 aromatic rings. The van der Waals surface area contributed by atoms with Crippen LogP contribution in [-0.4, -0.2) is 23.8 Å². The molecule has 7 heteroatoms. The van der Waals surface area contributed by atoms with Crippen LogP contribution in [0.1, 0.15) is 16.7 Å². The molecule has 0 unspecified atom stereocenters. The number of hydrogen-bond acceptors (Lipinski definition) is 4. The molecule has 0 atom stereocenters. The Kier molecular flexibility index (Phi) is 6.23. The van der Waals surface area contributed by atoms with Crippen molar-refractivity contribution in [2.45, 2.75) is 13.8 Å². The normalized spacial score (nSPS) is 10.8. The molecule has 126 valence electrons. The Balaban J connectivity index is 1.93. The molecule has 0 aromatic heterocycles. The third-order valence-electron chi connectivity index (χ3n) is 3.36. The summed E-state index contributed by atoms with van der Waals surface area (Å²) in [5, 5.41) is 13.8. The summed E-state index contributed by atoms with van der Waals surface area (Å²) in [7, 11) is 0. The first kappa shape index (κ1) is 18.3. The number of carbonyl (C=O) groups is 1. The molecular weight excluding hydrogens is 396 g/mol. The number of nitrogens with one attached hydrogen (secondary N) is 1. The zero-order chi connectivity index (χ0) is 17.7. The summed E-state index contributed by atoms with van der Waals surface area (Å²) in [6, 6.07) is 8.84. The standard InChI is InChI=1S/C17H16BrClN2O3/c1-10-4-3-5-15(11(10)2)24-9-16(22)21-20-8-12-6-13(18)7-14(19)17(12)23/h3-8,23H,9H2,1-2H3,(H,21,22)/b20-8+. The van der Waals surface area contributed by atoms with Gasteiger partial charge in [0.2, 0.25) is 0 Å². The van der Waals surface area contributed by atoms with E-state index in [0.717, 1.165) is 11.1 Å². The van der Waals surface area contributed by atoms with E-state index in [0.29, 0.717) is 15.8 Å². The molecule has 0 spiro atoms. The highest BCUT2D eigenvalue weighted by molar-refractivity contribution is 9.10. The van der Waals surface area contributed by atoms with E-state index in [9.17, 15) is 9.90 Å². The van der Waals surface area contributed by atoms with Gasteiger partial charge in [-0.1, -0.05) is 39.7 Å². The lowest BCUT2D eigenvalue weighted by molar-refractivity contribution is -0.123. The van der Waals surface area contributed by atoms with E-state index in [1.165, 1.54) is 6.21 Å². The van der Waals surface area contributed by atoms with Gasteiger partial charge >= 0.3 is 0 Å². The number of phenols is 1. The maximum atomic E-state index is 11.8. The summed E-state index contributed by atoms with van der Waals surface area (Å²) in [5.74, 6) is 0.141. The van der Waals surface area contributed by atoms with Crippen LogP contribution in [0.15, 0.2) is 39.9 Å². The predicted octanol–water partition coefficient (Wildman–Crippen LogP) is 3.95. The van der Waals surface area contributed by atoms with Crippen molar-refractivity contribution in [2.24, 2.45) is 5.10 Å². The molecule has 24 heavy (non-hydrogen) atoms. The third-order valence-corrected chi connectivity index (χ3v) is 4.11. The molecule has 0 fully saturated rings. The molecule has 0 aliphatic heterocycles. The monoisotopic (exact) mass is 410 g/mol. The molecule has 0 heterocycles. The first-order valence-electron chi connectivity index (χ1n) is 7.07. The van der Waals surface area contributed by atoms with Crippen molar-refractivity contribution in [1.29, 1.82) is 0 Å². The summed E-state index contributed by atoms with van der Waals surface area (Å²) in [6.07, 6.45) is 1.31. The largest absolute Gasteiger partial charge is 0.506 e. The second-order valence-corrected chi connectivity index (χ2v) is 6.43. The van der Waals surface area contributed by atoms with Crippen LogP contribution in [0.2, 0.25) is 5.02 Å². The smallest absolute Gasteiger partial charge is 0.277 e. The van der Waals surface area contributed by atoms with Gasteiger partial charge < -0.3 is 9.84 Å². The van der Waals surface area contributed by atoms with E-state index < -0.39 is 5.91 Å². The van der Waals surface area contributed by atoms with Crippen molar-refractivity contribution in [3.8, 4) is 11.5 Å². The van der Waals surface area contributed by atoms with Crippen molar-refractivity contribution in [1.82, 2.24) is 5.43 Å². The highest BCUT2D eigenvalue weighted by atomic mass is 79.9. The van der Waals surface area contributed by atoms with Crippen LogP contribution in [0.25, 0.3) is 0 Å². The Hall–Kier alpha value is -2.05. The topological polar surface area (TPSA) is 70.9 Å². The minimum Gasteiger partial charge on any atom is -0.506 e. The van der Waals surface area contributed by atoms with E-state index in [1.807, 2.05) is 26.0 Å². The number of hydrazone groups is 1. The number of phenolic OH excluding ortho intramolecular Hbond substituents is 1. The number of benzene rings is 2. The quantitative estimate of drug-likeness (QED) is 0.578. The van der Waals surface area contributed by atoms with Crippen molar-refractivity contribution < 1.29 is 14.6 Å². The first-order chi connectivity index (χ1) is 11.4. The fourth-order valence-corrected chi connectivity index (χ4v) is 2.75. The minimum absolute atomic E-state index is 0.107. The number of nitrogens with zero attached hydrogens (tertiary/aromatic N) is 1. The second kappa shape index (κ2) is 8.17. The van der Waals surface area contributed by atoms with Crippen LogP contribution in [0, 0.1) is 13.8 Å². The van der Waals surface area contributed by atoms with Crippen LogP contribution in [0.5, 0.6) is 11.5 Å².